The molecule has 1 aromatic heterocycles. The molecular formula is C17H14F2N4S. The van der Waals surface area contributed by atoms with E-state index in [4.69, 9.17) is 12.2 Å². The molecule has 1 heterocycles. The van der Waals surface area contributed by atoms with Gasteiger partial charge in [-0.25, -0.2) is 8.78 Å². The van der Waals surface area contributed by atoms with E-state index in [1.807, 2.05) is 0 Å². The third-order valence-electron chi connectivity index (χ3n) is 3.22. The van der Waals surface area contributed by atoms with Gasteiger partial charge < -0.3 is 10.6 Å². The Labute approximate surface area is 143 Å². The van der Waals surface area contributed by atoms with E-state index >= 15 is 0 Å². The van der Waals surface area contributed by atoms with E-state index in [9.17, 15) is 8.78 Å². The standard InChI is InChI=1S/C17H14F2N4S/c18-13-6-4-12(5-7-13)11-23-9-8-16(22-23)21-17(24)20-15-3-1-2-14(19)10-15/h1-10H,11H2,(H2,20,21,22,24). The number of anilines is 2. The fraction of sp³-hybridized carbons (Fsp3) is 0.0588. The summed E-state index contributed by atoms with van der Waals surface area (Å²) in [7, 11) is 0. The average molecular weight is 344 g/mol. The number of nitrogens with one attached hydrogen (secondary N) is 2. The molecule has 0 aliphatic carbocycles. The van der Waals surface area contributed by atoms with Crippen molar-refractivity contribution in [2.24, 2.45) is 0 Å². The third kappa shape index (κ3) is 4.36. The van der Waals surface area contributed by atoms with Crippen molar-refractivity contribution >= 4 is 28.8 Å². The quantitative estimate of drug-likeness (QED) is 0.702. The molecule has 2 aromatic carbocycles. The number of hydrogen-bond donors (Lipinski definition) is 2. The van der Waals surface area contributed by atoms with Crippen LogP contribution < -0.4 is 10.6 Å². The summed E-state index contributed by atoms with van der Waals surface area (Å²) in [5, 5.41) is 10.5. The van der Waals surface area contributed by atoms with Crippen molar-refractivity contribution in [2.45, 2.75) is 6.54 Å². The Morgan fingerprint density at radius 3 is 2.54 bits per heavy atom. The van der Waals surface area contributed by atoms with Crippen LogP contribution >= 0.6 is 12.2 Å². The van der Waals surface area contributed by atoms with Crippen molar-refractivity contribution in [3.05, 3.63) is 78.0 Å². The summed E-state index contributed by atoms with van der Waals surface area (Å²) in [4.78, 5) is 0. The van der Waals surface area contributed by atoms with Crippen LogP contribution in [0.15, 0.2) is 60.8 Å². The Balaban J connectivity index is 1.59. The second-order valence-corrected chi connectivity index (χ2v) is 5.52. The minimum absolute atomic E-state index is 0.268. The second kappa shape index (κ2) is 7.18. The van der Waals surface area contributed by atoms with Gasteiger partial charge >= 0.3 is 0 Å². The summed E-state index contributed by atoms with van der Waals surface area (Å²) in [6.45, 7) is 0.520. The number of benzene rings is 2. The zero-order valence-corrected chi connectivity index (χ0v) is 13.4. The molecule has 0 bridgehead atoms. The lowest BCUT2D eigenvalue weighted by atomic mass is 10.2. The number of thiocarbonyl (C=S) groups is 1. The van der Waals surface area contributed by atoms with Gasteiger partial charge in [-0.15, -0.1) is 0 Å². The van der Waals surface area contributed by atoms with E-state index in [0.717, 1.165) is 5.56 Å². The Morgan fingerprint density at radius 2 is 1.79 bits per heavy atom. The lowest BCUT2D eigenvalue weighted by Gasteiger charge is -2.08. The van der Waals surface area contributed by atoms with E-state index in [1.165, 1.54) is 24.3 Å². The lowest BCUT2D eigenvalue weighted by molar-refractivity contribution is 0.624. The number of hydrogen-bond acceptors (Lipinski definition) is 2. The van der Waals surface area contributed by atoms with Gasteiger partial charge in [-0.05, 0) is 48.1 Å². The highest BCUT2D eigenvalue weighted by molar-refractivity contribution is 7.80. The Morgan fingerprint density at radius 1 is 1.00 bits per heavy atom. The first-order chi connectivity index (χ1) is 11.6. The van der Waals surface area contributed by atoms with Crippen molar-refractivity contribution < 1.29 is 8.78 Å². The fourth-order valence-electron chi connectivity index (χ4n) is 2.14. The topological polar surface area (TPSA) is 41.9 Å². The van der Waals surface area contributed by atoms with Crippen molar-refractivity contribution in [3.8, 4) is 0 Å². The first-order valence-corrected chi connectivity index (χ1v) is 7.61. The zero-order chi connectivity index (χ0) is 16.9. The predicted molar refractivity (Wildman–Crippen MR) is 94.0 cm³/mol. The summed E-state index contributed by atoms with van der Waals surface area (Å²) in [5.41, 5.74) is 1.49. The minimum atomic E-state index is -0.341. The van der Waals surface area contributed by atoms with Gasteiger partial charge in [0.05, 0.1) is 6.54 Å². The van der Waals surface area contributed by atoms with Crippen LogP contribution in [0.25, 0.3) is 0 Å². The van der Waals surface area contributed by atoms with Gasteiger partial charge in [0, 0.05) is 18.0 Å². The van der Waals surface area contributed by atoms with Gasteiger partial charge in [0.25, 0.3) is 0 Å². The lowest BCUT2D eigenvalue weighted by Crippen LogP contribution is -2.19. The number of halogens is 2. The molecule has 0 radical (unpaired) electrons. The monoisotopic (exact) mass is 344 g/mol. The molecule has 24 heavy (non-hydrogen) atoms. The molecule has 4 nitrogen and oxygen atoms in total. The summed E-state index contributed by atoms with van der Waals surface area (Å²) in [6.07, 6.45) is 1.79. The highest BCUT2D eigenvalue weighted by Gasteiger charge is 2.04. The predicted octanol–water partition coefficient (Wildman–Crippen LogP) is 4.02. The molecule has 0 saturated heterocycles. The molecule has 0 amide bonds. The van der Waals surface area contributed by atoms with Crippen LogP contribution in [0.3, 0.4) is 0 Å². The molecule has 0 unspecified atom stereocenters. The Hall–Kier alpha value is -2.80. The van der Waals surface area contributed by atoms with Crippen LogP contribution in [0.5, 0.6) is 0 Å². The van der Waals surface area contributed by atoms with Crippen molar-refractivity contribution in [2.75, 3.05) is 10.6 Å². The normalized spacial score (nSPS) is 10.4. The molecular weight excluding hydrogens is 330 g/mol. The summed E-state index contributed by atoms with van der Waals surface area (Å²) < 4.78 is 27.7. The highest BCUT2D eigenvalue weighted by atomic mass is 32.1. The molecule has 0 atom stereocenters. The molecule has 0 saturated carbocycles. The highest BCUT2D eigenvalue weighted by Crippen LogP contribution is 2.11. The molecule has 0 fully saturated rings. The SMILES string of the molecule is Fc1ccc(Cn2ccc(NC(=S)Nc3cccc(F)c3)n2)cc1. The maximum Gasteiger partial charge on any atom is 0.176 e. The van der Waals surface area contributed by atoms with Gasteiger partial charge in [0.1, 0.15) is 11.6 Å². The van der Waals surface area contributed by atoms with E-state index in [1.54, 1.807) is 41.2 Å². The van der Waals surface area contributed by atoms with E-state index in [-0.39, 0.29) is 11.6 Å². The molecule has 3 aromatic rings. The van der Waals surface area contributed by atoms with Crippen LogP contribution in [0, 0.1) is 11.6 Å². The Kier molecular flexibility index (Phi) is 4.81. The van der Waals surface area contributed by atoms with E-state index in [2.05, 4.69) is 15.7 Å². The molecule has 0 aliphatic rings. The van der Waals surface area contributed by atoms with Gasteiger partial charge in [0.15, 0.2) is 10.9 Å². The second-order valence-electron chi connectivity index (χ2n) is 5.11. The maximum atomic E-state index is 13.1. The largest absolute Gasteiger partial charge is 0.332 e. The van der Waals surface area contributed by atoms with Crippen LogP contribution in [0.2, 0.25) is 0 Å². The van der Waals surface area contributed by atoms with Crippen molar-refractivity contribution in [3.63, 3.8) is 0 Å². The van der Waals surface area contributed by atoms with Crippen molar-refractivity contribution in [1.29, 1.82) is 0 Å². The van der Waals surface area contributed by atoms with Gasteiger partial charge in [-0.1, -0.05) is 18.2 Å². The Bertz CT molecular complexity index is 846. The molecule has 122 valence electrons. The first kappa shape index (κ1) is 16.1. The minimum Gasteiger partial charge on any atom is -0.332 e. The maximum absolute atomic E-state index is 13.1. The molecule has 7 heteroatoms. The van der Waals surface area contributed by atoms with Crippen LogP contribution in [-0.4, -0.2) is 14.9 Å². The first-order valence-electron chi connectivity index (χ1n) is 7.20. The smallest absolute Gasteiger partial charge is 0.176 e. The molecule has 2 N–H and O–H groups in total. The van der Waals surface area contributed by atoms with Gasteiger partial charge in [0.2, 0.25) is 0 Å². The number of aromatic nitrogens is 2. The number of nitrogens with zero attached hydrogens (tertiary/aromatic N) is 2. The van der Waals surface area contributed by atoms with E-state index < -0.39 is 0 Å². The zero-order valence-electron chi connectivity index (χ0n) is 12.5. The summed E-state index contributed by atoms with van der Waals surface area (Å²) in [6, 6.07) is 14.0. The fourth-order valence-corrected chi connectivity index (χ4v) is 2.36. The number of rotatable bonds is 4. The van der Waals surface area contributed by atoms with Crippen molar-refractivity contribution in [1.82, 2.24) is 9.78 Å². The molecule has 0 aliphatic heterocycles. The van der Waals surface area contributed by atoms with Gasteiger partial charge in [-0.3, -0.25) is 4.68 Å². The molecule has 3 rings (SSSR count). The molecule has 0 spiro atoms. The van der Waals surface area contributed by atoms with Crippen LogP contribution in [-0.2, 0) is 6.54 Å². The summed E-state index contributed by atoms with van der Waals surface area (Å²) >= 11 is 5.18. The van der Waals surface area contributed by atoms with Crippen LogP contribution in [0.4, 0.5) is 20.3 Å². The van der Waals surface area contributed by atoms with Gasteiger partial charge in [-0.2, -0.15) is 5.10 Å². The van der Waals surface area contributed by atoms with Crippen LogP contribution in [0.1, 0.15) is 5.56 Å². The average Bonchev–Trinajstić information content (AvgIpc) is 2.96. The van der Waals surface area contributed by atoms with E-state index in [0.29, 0.717) is 23.2 Å². The third-order valence-corrected chi connectivity index (χ3v) is 3.43. The summed E-state index contributed by atoms with van der Waals surface area (Å²) in [5.74, 6) is -0.0484.